The van der Waals surface area contributed by atoms with Crippen molar-refractivity contribution in [2.24, 2.45) is 4.99 Å². The molecule has 0 amide bonds. The Labute approximate surface area is 170 Å². The number of aliphatic imine (C=N–C) groups is 1. The molecule has 2 unspecified atom stereocenters. The summed E-state index contributed by atoms with van der Waals surface area (Å²) in [5, 5.41) is 17.1. The first kappa shape index (κ1) is 22.5. The van der Waals surface area contributed by atoms with Crippen LogP contribution in [0.15, 0.2) is 29.3 Å². The Balaban J connectivity index is 1.92. The molecule has 1 aliphatic rings. The summed E-state index contributed by atoms with van der Waals surface area (Å²) >= 11 is 0. The molecule has 6 nitrogen and oxygen atoms in total. The Kier molecular flexibility index (Phi) is 9.58. The first-order valence-corrected chi connectivity index (χ1v) is 10.7. The van der Waals surface area contributed by atoms with E-state index < -0.39 is 6.10 Å². The molecular formula is C22H38N4O2. The van der Waals surface area contributed by atoms with Gasteiger partial charge in [0.15, 0.2) is 5.96 Å². The van der Waals surface area contributed by atoms with Gasteiger partial charge in [-0.2, -0.15) is 0 Å². The van der Waals surface area contributed by atoms with Gasteiger partial charge >= 0.3 is 0 Å². The lowest BCUT2D eigenvalue weighted by molar-refractivity contribution is 0.179. The van der Waals surface area contributed by atoms with Gasteiger partial charge in [-0.3, -0.25) is 9.89 Å². The average Bonchev–Trinajstić information content (AvgIpc) is 3.20. The number of nitrogens with zero attached hydrogens (tertiary/aromatic N) is 2. The van der Waals surface area contributed by atoms with Crippen molar-refractivity contribution < 1.29 is 9.84 Å². The molecule has 1 heterocycles. The summed E-state index contributed by atoms with van der Waals surface area (Å²) in [6, 6.07) is 8.14. The van der Waals surface area contributed by atoms with E-state index in [1.165, 1.54) is 25.9 Å². The molecule has 0 saturated carbocycles. The third-order valence-electron chi connectivity index (χ3n) is 5.01. The van der Waals surface area contributed by atoms with E-state index in [-0.39, 0.29) is 6.10 Å². The Morgan fingerprint density at radius 2 is 1.96 bits per heavy atom. The van der Waals surface area contributed by atoms with Crippen LogP contribution < -0.4 is 15.4 Å². The maximum atomic E-state index is 10.6. The van der Waals surface area contributed by atoms with Crippen LogP contribution in [-0.2, 0) is 0 Å². The smallest absolute Gasteiger partial charge is 0.191 e. The molecule has 0 aromatic heterocycles. The SMILES string of the molecule is CCNC(=NCC(CC)N1CCCC1)NCC(O)c1cccc(OC(C)C)c1. The summed E-state index contributed by atoms with van der Waals surface area (Å²) in [7, 11) is 0. The van der Waals surface area contributed by atoms with Gasteiger partial charge in [-0.1, -0.05) is 19.1 Å². The van der Waals surface area contributed by atoms with Gasteiger partial charge in [-0.25, -0.2) is 0 Å². The molecule has 1 fully saturated rings. The number of guanidine groups is 1. The van der Waals surface area contributed by atoms with Crippen molar-refractivity contribution in [1.29, 1.82) is 0 Å². The maximum absolute atomic E-state index is 10.6. The van der Waals surface area contributed by atoms with Crippen LogP contribution in [0.5, 0.6) is 5.75 Å². The minimum atomic E-state index is -0.625. The fraction of sp³-hybridized carbons (Fsp3) is 0.682. The minimum absolute atomic E-state index is 0.111. The van der Waals surface area contributed by atoms with Gasteiger partial charge < -0.3 is 20.5 Å². The highest BCUT2D eigenvalue weighted by Gasteiger charge is 2.20. The van der Waals surface area contributed by atoms with E-state index in [2.05, 4.69) is 29.4 Å². The second kappa shape index (κ2) is 11.9. The van der Waals surface area contributed by atoms with Crippen LogP contribution in [0, 0.1) is 0 Å². The Hall–Kier alpha value is -1.79. The molecule has 6 heteroatoms. The number of hydrogen-bond donors (Lipinski definition) is 3. The Morgan fingerprint density at radius 1 is 1.21 bits per heavy atom. The summed E-state index contributed by atoms with van der Waals surface area (Å²) < 4.78 is 5.72. The normalized spacial score (nSPS) is 17.6. The molecule has 158 valence electrons. The van der Waals surface area contributed by atoms with E-state index in [0.717, 1.165) is 36.8 Å². The highest BCUT2D eigenvalue weighted by molar-refractivity contribution is 5.79. The van der Waals surface area contributed by atoms with Crippen LogP contribution in [-0.4, -0.2) is 60.8 Å². The molecule has 28 heavy (non-hydrogen) atoms. The van der Waals surface area contributed by atoms with Crippen LogP contribution in [0.25, 0.3) is 0 Å². The second-order valence-electron chi connectivity index (χ2n) is 7.66. The van der Waals surface area contributed by atoms with Crippen LogP contribution in [0.1, 0.15) is 58.6 Å². The van der Waals surface area contributed by atoms with E-state index in [1.807, 2.05) is 38.1 Å². The summed E-state index contributed by atoms with van der Waals surface area (Å²) in [5.74, 6) is 1.54. The number of rotatable bonds is 10. The monoisotopic (exact) mass is 390 g/mol. The fourth-order valence-corrected chi connectivity index (χ4v) is 3.53. The van der Waals surface area contributed by atoms with E-state index in [4.69, 9.17) is 9.73 Å². The lowest BCUT2D eigenvalue weighted by Gasteiger charge is -2.25. The summed E-state index contributed by atoms with van der Waals surface area (Å²) in [6.45, 7) is 12.6. The third kappa shape index (κ3) is 7.32. The van der Waals surface area contributed by atoms with Crippen molar-refractivity contribution >= 4 is 5.96 Å². The zero-order valence-corrected chi connectivity index (χ0v) is 17.9. The lowest BCUT2D eigenvalue weighted by Crippen LogP contribution is -2.41. The number of aliphatic hydroxyl groups excluding tert-OH is 1. The van der Waals surface area contributed by atoms with Crippen molar-refractivity contribution in [2.75, 3.05) is 32.7 Å². The molecular weight excluding hydrogens is 352 g/mol. The number of likely N-dealkylation sites (tertiary alicyclic amines) is 1. The quantitative estimate of drug-likeness (QED) is 0.423. The van der Waals surface area contributed by atoms with Crippen molar-refractivity contribution in [3.05, 3.63) is 29.8 Å². The van der Waals surface area contributed by atoms with Crippen LogP contribution >= 0.6 is 0 Å². The number of hydrogen-bond acceptors (Lipinski definition) is 4. The van der Waals surface area contributed by atoms with Gasteiger partial charge in [-0.15, -0.1) is 0 Å². The summed E-state index contributed by atoms with van der Waals surface area (Å²) in [6.07, 6.45) is 3.18. The number of ether oxygens (including phenoxy) is 1. The Morgan fingerprint density at radius 3 is 2.61 bits per heavy atom. The number of nitrogens with one attached hydrogen (secondary N) is 2. The molecule has 0 aliphatic carbocycles. The molecule has 1 aliphatic heterocycles. The highest BCUT2D eigenvalue weighted by Crippen LogP contribution is 2.20. The third-order valence-corrected chi connectivity index (χ3v) is 5.01. The summed E-state index contributed by atoms with van der Waals surface area (Å²) in [4.78, 5) is 7.31. The predicted octanol–water partition coefficient (Wildman–Crippen LogP) is 2.94. The van der Waals surface area contributed by atoms with Gasteiger partial charge in [-0.05, 0) is 70.8 Å². The van der Waals surface area contributed by atoms with Crippen LogP contribution in [0.3, 0.4) is 0 Å². The minimum Gasteiger partial charge on any atom is -0.491 e. The van der Waals surface area contributed by atoms with Crippen LogP contribution in [0.2, 0.25) is 0 Å². The van der Waals surface area contributed by atoms with Crippen molar-refractivity contribution in [1.82, 2.24) is 15.5 Å². The molecule has 1 saturated heterocycles. The van der Waals surface area contributed by atoms with E-state index in [1.54, 1.807) is 0 Å². The molecule has 0 radical (unpaired) electrons. The van der Waals surface area contributed by atoms with Crippen molar-refractivity contribution in [3.8, 4) is 5.75 Å². The van der Waals surface area contributed by atoms with E-state index in [9.17, 15) is 5.11 Å². The van der Waals surface area contributed by atoms with Crippen molar-refractivity contribution in [3.63, 3.8) is 0 Å². The molecule has 2 rings (SSSR count). The number of aliphatic hydroxyl groups is 1. The maximum Gasteiger partial charge on any atom is 0.191 e. The standard InChI is InChI=1S/C22H38N4O2/c1-5-19(26-12-7-8-13-26)15-24-22(23-6-2)25-16-21(27)18-10-9-11-20(14-18)28-17(3)4/h9-11,14,17,19,21,27H,5-8,12-13,15-16H2,1-4H3,(H2,23,24,25). The first-order chi connectivity index (χ1) is 13.5. The zero-order chi connectivity index (χ0) is 20.4. The lowest BCUT2D eigenvalue weighted by atomic mass is 10.1. The second-order valence-corrected chi connectivity index (χ2v) is 7.66. The molecule has 0 bridgehead atoms. The molecule has 1 aromatic rings. The topological polar surface area (TPSA) is 69.1 Å². The first-order valence-electron chi connectivity index (χ1n) is 10.7. The molecule has 1 aromatic carbocycles. The van der Waals surface area contributed by atoms with E-state index in [0.29, 0.717) is 12.6 Å². The number of benzene rings is 1. The highest BCUT2D eigenvalue weighted by atomic mass is 16.5. The largest absolute Gasteiger partial charge is 0.491 e. The molecule has 2 atom stereocenters. The van der Waals surface area contributed by atoms with Crippen LogP contribution in [0.4, 0.5) is 0 Å². The summed E-state index contributed by atoms with van der Waals surface area (Å²) in [5.41, 5.74) is 0.838. The van der Waals surface area contributed by atoms with Gasteiger partial charge in [0.2, 0.25) is 0 Å². The molecule has 0 spiro atoms. The predicted molar refractivity (Wildman–Crippen MR) is 116 cm³/mol. The average molecular weight is 391 g/mol. The van der Waals surface area contributed by atoms with E-state index >= 15 is 0 Å². The molecule has 3 N–H and O–H groups in total. The van der Waals surface area contributed by atoms with Gasteiger partial charge in [0, 0.05) is 19.1 Å². The zero-order valence-electron chi connectivity index (χ0n) is 17.9. The Bertz CT molecular complexity index is 600. The van der Waals surface area contributed by atoms with Gasteiger partial charge in [0.25, 0.3) is 0 Å². The van der Waals surface area contributed by atoms with Gasteiger partial charge in [0.1, 0.15) is 5.75 Å². The fourth-order valence-electron chi connectivity index (χ4n) is 3.53. The van der Waals surface area contributed by atoms with Gasteiger partial charge in [0.05, 0.1) is 18.8 Å². The van der Waals surface area contributed by atoms with Crippen molar-refractivity contribution in [2.45, 2.75) is 65.2 Å².